The molecule has 1 atom stereocenters. The van der Waals surface area contributed by atoms with Crippen molar-refractivity contribution in [2.24, 2.45) is 10.2 Å². The number of benzene rings is 2. The second-order valence-corrected chi connectivity index (χ2v) is 7.86. The van der Waals surface area contributed by atoms with Crippen LogP contribution in [0, 0.1) is 6.92 Å². The Balaban J connectivity index is 1.66. The minimum absolute atomic E-state index is 0.0529. The van der Waals surface area contributed by atoms with Gasteiger partial charge in [0.15, 0.2) is 5.17 Å². The van der Waals surface area contributed by atoms with Gasteiger partial charge in [-0.05, 0) is 54.4 Å². The number of methoxy groups -OCH3 is 1. The van der Waals surface area contributed by atoms with Crippen LogP contribution in [0.15, 0.2) is 52.7 Å². The van der Waals surface area contributed by atoms with Crippen molar-refractivity contribution in [3.8, 4) is 5.75 Å². The fourth-order valence-electron chi connectivity index (χ4n) is 2.52. The molecule has 2 N–H and O–H groups in total. The predicted molar refractivity (Wildman–Crippen MR) is 117 cm³/mol. The summed E-state index contributed by atoms with van der Waals surface area (Å²) >= 11 is 7.15. The van der Waals surface area contributed by atoms with Crippen LogP contribution in [0.5, 0.6) is 5.75 Å². The maximum Gasteiger partial charge on any atom is 0.238 e. The number of rotatable bonds is 5. The summed E-state index contributed by atoms with van der Waals surface area (Å²) in [6.07, 6.45) is 1.61. The third-order valence-corrected chi connectivity index (χ3v) is 5.40. The number of hydrogen-bond donors (Lipinski definition) is 2. The minimum Gasteiger partial charge on any atom is -0.497 e. The number of ether oxygens (including phenoxy) is 1. The average molecular weight is 431 g/mol. The van der Waals surface area contributed by atoms with E-state index in [1.165, 1.54) is 0 Å². The summed E-state index contributed by atoms with van der Waals surface area (Å²) in [5.41, 5.74) is 2.32. The molecule has 1 aliphatic heterocycles. The highest BCUT2D eigenvalue weighted by molar-refractivity contribution is 8.15. The molecule has 0 aliphatic carbocycles. The van der Waals surface area contributed by atoms with Crippen molar-refractivity contribution in [1.29, 1.82) is 0 Å². The van der Waals surface area contributed by atoms with E-state index >= 15 is 0 Å². The molecule has 7 nitrogen and oxygen atoms in total. The summed E-state index contributed by atoms with van der Waals surface area (Å²) in [7, 11) is 1.60. The topological polar surface area (TPSA) is 92.2 Å². The van der Waals surface area contributed by atoms with Crippen LogP contribution in [0.2, 0.25) is 5.02 Å². The van der Waals surface area contributed by atoms with Gasteiger partial charge in [0.2, 0.25) is 11.8 Å². The number of nitrogens with zero attached hydrogens (tertiary/aromatic N) is 2. The Morgan fingerprint density at radius 3 is 2.79 bits per heavy atom. The molecule has 1 saturated heterocycles. The average Bonchev–Trinajstić information content (AvgIpc) is 2.71. The third kappa shape index (κ3) is 5.82. The van der Waals surface area contributed by atoms with Crippen LogP contribution in [0.25, 0.3) is 0 Å². The molecule has 2 aromatic carbocycles. The summed E-state index contributed by atoms with van der Waals surface area (Å²) in [4.78, 5) is 24.6. The fourth-order valence-corrected chi connectivity index (χ4v) is 3.63. The van der Waals surface area contributed by atoms with Gasteiger partial charge in [-0.1, -0.05) is 29.4 Å². The molecule has 0 radical (unpaired) electrons. The first kappa shape index (κ1) is 20.9. The molecule has 9 heteroatoms. The molecule has 0 bridgehead atoms. The summed E-state index contributed by atoms with van der Waals surface area (Å²) in [5, 5.41) is 13.7. The lowest BCUT2D eigenvalue weighted by molar-refractivity contribution is -0.123. The Labute approximate surface area is 177 Å². The number of carbonyl (C=O) groups is 2. The van der Waals surface area contributed by atoms with Crippen molar-refractivity contribution in [2.75, 3.05) is 12.4 Å². The zero-order chi connectivity index (χ0) is 20.8. The highest BCUT2D eigenvalue weighted by atomic mass is 35.5. The molecule has 3 rings (SSSR count). The van der Waals surface area contributed by atoms with Crippen LogP contribution in [-0.2, 0) is 9.59 Å². The minimum atomic E-state index is -0.614. The SMILES string of the molecule is COc1ccc(C=N/N=C2\NC(=O)C[C@H](C(=O)Nc3cc(Cl)ccc3C)S2)cc1. The van der Waals surface area contributed by atoms with Crippen LogP contribution in [0.1, 0.15) is 17.5 Å². The van der Waals surface area contributed by atoms with Gasteiger partial charge in [0.25, 0.3) is 0 Å². The Morgan fingerprint density at radius 1 is 1.31 bits per heavy atom. The standard InChI is InChI=1S/C20H19ClN4O3S/c1-12-3-6-14(21)9-16(12)23-19(27)17-10-18(26)24-20(29-17)25-22-11-13-4-7-15(28-2)8-5-13/h3-9,11,17H,10H2,1-2H3,(H,23,27)(H,24,25,26)/t17-/m1/s1. The number of anilines is 1. The van der Waals surface area contributed by atoms with Gasteiger partial charge >= 0.3 is 0 Å². The second-order valence-electron chi connectivity index (χ2n) is 6.23. The van der Waals surface area contributed by atoms with Crippen molar-refractivity contribution >= 4 is 52.2 Å². The number of nitrogens with one attached hydrogen (secondary N) is 2. The fraction of sp³-hybridized carbons (Fsp3) is 0.200. The number of thioether (sulfide) groups is 1. The van der Waals surface area contributed by atoms with Crippen LogP contribution in [0.3, 0.4) is 0 Å². The zero-order valence-electron chi connectivity index (χ0n) is 15.8. The van der Waals surface area contributed by atoms with Crippen molar-refractivity contribution in [3.63, 3.8) is 0 Å². The highest BCUT2D eigenvalue weighted by Crippen LogP contribution is 2.25. The Kier molecular flexibility index (Phi) is 6.90. The lowest BCUT2D eigenvalue weighted by Gasteiger charge is -2.22. The second kappa shape index (κ2) is 9.58. The van der Waals surface area contributed by atoms with Gasteiger partial charge in [-0.25, -0.2) is 0 Å². The lowest BCUT2D eigenvalue weighted by atomic mass is 10.2. The number of carbonyl (C=O) groups excluding carboxylic acids is 2. The molecule has 0 spiro atoms. The van der Waals surface area contributed by atoms with Crippen molar-refractivity contribution in [2.45, 2.75) is 18.6 Å². The van der Waals surface area contributed by atoms with Gasteiger partial charge in [-0.2, -0.15) is 5.10 Å². The predicted octanol–water partition coefficient (Wildman–Crippen LogP) is 3.61. The largest absolute Gasteiger partial charge is 0.497 e. The van der Waals surface area contributed by atoms with Gasteiger partial charge in [-0.3, -0.25) is 9.59 Å². The summed E-state index contributed by atoms with van der Waals surface area (Å²) in [6.45, 7) is 1.87. The van der Waals surface area contributed by atoms with E-state index in [0.717, 1.165) is 28.6 Å². The third-order valence-electron chi connectivity index (χ3n) is 4.09. The molecular weight excluding hydrogens is 412 g/mol. The Morgan fingerprint density at radius 2 is 2.07 bits per heavy atom. The van der Waals surface area contributed by atoms with Gasteiger partial charge in [-0.15, -0.1) is 5.10 Å². The van der Waals surface area contributed by atoms with Crippen LogP contribution in [-0.4, -0.2) is 35.6 Å². The van der Waals surface area contributed by atoms with E-state index in [4.69, 9.17) is 16.3 Å². The molecule has 0 aromatic heterocycles. The summed E-state index contributed by atoms with van der Waals surface area (Å²) in [6, 6.07) is 12.5. The first-order chi connectivity index (χ1) is 13.9. The van der Waals surface area contributed by atoms with E-state index in [2.05, 4.69) is 20.8 Å². The molecule has 2 amide bonds. The molecule has 0 saturated carbocycles. The van der Waals surface area contributed by atoms with E-state index in [1.807, 2.05) is 37.3 Å². The van der Waals surface area contributed by atoms with Gasteiger partial charge in [0, 0.05) is 17.1 Å². The lowest BCUT2D eigenvalue weighted by Crippen LogP contribution is -2.41. The number of hydrogen-bond acceptors (Lipinski definition) is 6. The molecule has 1 aliphatic rings. The summed E-state index contributed by atoms with van der Waals surface area (Å²) in [5.74, 6) is 0.166. The number of amidine groups is 1. The van der Waals surface area contributed by atoms with E-state index < -0.39 is 5.25 Å². The van der Waals surface area contributed by atoms with Crippen molar-refractivity contribution in [3.05, 3.63) is 58.6 Å². The van der Waals surface area contributed by atoms with Gasteiger partial charge in [0.05, 0.1) is 13.3 Å². The molecule has 2 aromatic rings. The molecule has 0 unspecified atom stereocenters. The molecule has 29 heavy (non-hydrogen) atoms. The van der Waals surface area contributed by atoms with E-state index in [9.17, 15) is 9.59 Å². The van der Waals surface area contributed by atoms with E-state index in [-0.39, 0.29) is 23.4 Å². The number of amides is 2. The van der Waals surface area contributed by atoms with Crippen LogP contribution < -0.4 is 15.4 Å². The molecular formula is C20H19ClN4O3S. The maximum atomic E-state index is 12.6. The van der Waals surface area contributed by atoms with E-state index in [0.29, 0.717) is 10.7 Å². The first-order valence-corrected chi connectivity index (χ1v) is 9.99. The zero-order valence-corrected chi connectivity index (χ0v) is 17.4. The van der Waals surface area contributed by atoms with Gasteiger partial charge < -0.3 is 15.4 Å². The maximum absolute atomic E-state index is 12.6. The smallest absolute Gasteiger partial charge is 0.238 e. The number of halogens is 1. The van der Waals surface area contributed by atoms with Gasteiger partial charge in [0.1, 0.15) is 11.0 Å². The molecule has 1 heterocycles. The molecule has 1 fully saturated rings. The van der Waals surface area contributed by atoms with Crippen LogP contribution >= 0.6 is 23.4 Å². The quantitative estimate of drug-likeness (QED) is 0.560. The Hall–Kier alpha value is -2.84. The first-order valence-electron chi connectivity index (χ1n) is 8.73. The van der Waals surface area contributed by atoms with Crippen molar-refractivity contribution in [1.82, 2.24) is 5.32 Å². The Bertz CT molecular complexity index is 976. The number of aryl methyl sites for hydroxylation is 1. The van der Waals surface area contributed by atoms with E-state index in [1.54, 1.807) is 25.5 Å². The van der Waals surface area contributed by atoms with Crippen molar-refractivity contribution < 1.29 is 14.3 Å². The van der Waals surface area contributed by atoms with Crippen LogP contribution in [0.4, 0.5) is 5.69 Å². The highest BCUT2D eigenvalue weighted by Gasteiger charge is 2.30. The normalized spacial score (nSPS) is 18.0. The molecule has 150 valence electrons. The monoisotopic (exact) mass is 430 g/mol. The summed E-state index contributed by atoms with van der Waals surface area (Å²) < 4.78 is 5.10.